The van der Waals surface area contributed by atoms with Gasteiger partial charge in [0, 0.05) is 12.3 Å². The van der Waals surface area contributed by atoms with Crippen LogP contribution in [0.15, 0.2) is 12.2 Å². The number of hydrogen-bond donors (Lipinski definition) is 0. The van der Waals surface area contributed by atoms with Crippen molar-refractivity contribution in [1.29, 1.82) is 0 Å². The van der Waals surface area contributed by atoms with Crippen LogP contribution in [0.5, 0.6) is 0 Å². The number of carbonyl (C=O) groups excluding carboxylic acids is 1. The molecule has 0 aromatic rings. The van der Waals surface area contributed by atoms with Gasteiger partial charge in [-0.3, -0.25) is 4.79 Å². The zero-order valence-electron chi connectivity index (χ0n) is 13.0. The maximum Gasteiger partial charge on any atom is 0.136 e. The molecular weight excluding hydrogens is 244 g/mol. The minimum absolute atomic E-state index is 0.406. The molecule has 0 amide bonds. The molecule has 4 rings (SSSR count). The van der Waals surface area contributed by atoms with Crippen LogP contribution >= 0.6 is 0 Å². The molecule has 0 heterocycles. The van der Waals surface area contributed by atoms with Gasteiger partial charge in [-0.25, -0.2) is 0 Å². The Morgan fingerprint density at radius 2 is 1.95 bits per heavy atom. The third-order valence-electron chi connectivity index (χ3n) is 7.80. The van der Waals surface area contributed by atoms with E-state index in [1.165, 1.54) is 38.5 Å². The summed E-state index contributed by atoms with van der Waals surface area (Å²) in [7, 11) is 0. The predicted octanol–water partition coefficient (Wildman–Crippen LogP) is 4.76. The summed E-state index contributed by atoms with van der Waals surface area (Å²) in [4.78, 5) is 12.9. The van der Waals surface area contributed by atoms with Gasteiger partial charge in [-0.2, -0.15) is 0 Å². The molecule has 1 heteroatoms. The minimum atomic E-state index is 0.406. The Morgan fingerprint density at radius 3 is 2.80 bits per heavy atom. The van der Waals surface area contributed by atoms with Gasteiger partial charge in [0.1, 0.15) is 5.78 Å². The van der Waals surface area contributed by atoms with Crippen molar-refractivity contribution in [3.05, 3.63) is 12.2 Å². The van der Waals surface area contributed by atoms with Gasteiger partial charge >= 0.3 is 0 Å². The molecule has 0 spiro atoms. The van der Waals surface area contributed by atoms with Gasteiger partial charge in [-0.05, 0) is 67.1 Å². The van der Waals surface area contributed by atoms with Crippen LogP contribution in [0, 0.1) is 34.5 Å². The Bertz CT molecular complexity index is 464. The summed E-state index contributed by atoms with van der Waals surface area (Å²) in [6, 6.07) is 0. The van der Waals surface area contributed by atoms with Gasteiger partial charge in [-0.1, -0.05) is 32.4 Å². The van der Waals surface area contributed by atoms with Crippen LogP contribution in [0.1, 0.15) is 65.2 Å². The van der Waals surface area contributed by atoms with Gasteiger partial charge in [0.15, 0.2) is 0 Å². The lowest BCUT2D eigenvalue weighted by molar-refractivity contribution is -0.150. The summed E-state index contributed by atoms with van der Waals surface area (Å²) < 4.78 is 0. The molecule has 0 aromatic heterocycles. The Kier molecular flexibility index (Phi) is 2.76. The van der Waals surface area contributed by atoms with Crippen LogP contribution in [0.4, 0.5) is 0 Å². The van der Waals surface area contributed by atoms with Crippen molar-refractivity contribution in [2.75, 3.05) is 0 Å². The zero-order valence-corrected chi connectivity index (χ0v) is 13.0. The quantitative estimate of drug-likeness (QED) is 0.581. The molecule has 1 nitrogen and oxygen atoms in total. The van der Waals surface area contributed by atoms with E-state index < -0.39 is 0 Å². The van der Waals surface area contributed by atoms with Crippen LogP contribution in [0.25, 0.3) is 0 Å². The number of fused-ring (bicyclic) bond motifs is 5. The zero-order chi connectivity index (χ0) is 14.0. The van der Waals surface area contributed by atoms with Gasteiger partial charge in [0.2, 0.25) is 0 Å². The smallest absolute Gasteiger partial charge is 0.136 e. The third kappa shape index (κ3) is 1.58. The van der Waals surface area contributed by atoms with E-state index in [1.807, 2.05) is 0 Å². The number of allylic oxidation sites excluding steroid dienone is 2. The van der Waals surface area contributed by atoms with Gasteiger partial charge in [0.25, 0.3) is 0 Å². The van der Waals surface area contributed by atoms with Crippen molar-refractivity contribution in [1.82, 2.24) is 0 Å². The van der Waals surface area contributed by atoms with Crippen LogP contribution in [-0.4, -0.2) is 5.78 Å². The lowest BCUT2D eigenvalue weighted by atomic mass is 9.46. The Hall–Kier alpha value is -0.590. The normalized spacial score (nSPS) is 54.2. The number of rotatable bonds is 0. The fourth-order valence-electron chi connectivity index (χ4n) is 6.50. The van der Waals surface area contributed by atoms with E-state index in [0.29, 0.717) is 40.3 Å². The second-order valence-electron chi connectivity index (χ2n) is 8.61. The second-order valence-corrected chi connectivity index (χ2v) is 8.61. The van der Waals surface area contributed by atoms with Gasteiger partial charge in [0.05, 0.1) is 0 Å². The molecule has 0 saturated heterocycles. The van der Waals surface area contributed by atoms with Crippen molar-refractivity contribution in [2.24, 2.45) is 34.5 Å². The predicted molar refractivity (Wildman–Crippen MR) is 81.3 cm³/mol. The number of Topliss-reactive ketones (excluding diaryl/α,β-unsaturated/α-hetero) is 1. The second kappa shape index (κ2) is 4.21. The highest BCUT2D eigenvalue weighted by Crippen LogP contribution is 2.64. The van der Waals surface area contributed by atoms with Crippen molar-refractivity contribution in [2.45, 2.75) is 65.2 Å². The molecular formula is C19H28O. The SMILES string of the molecule is C[C@@]12CCC[C@H]1[C@@H]1C(=O)C[C@H]3CC=CC[C@]3(C)[C@H]1CC2. The number of carbonyl (C=O) groups is 1. The highest BCUT2D eigenvalue weighted by atomic mass is 16.1. The van der Waals surface area contributed by atoms with E-state index in [4.69, 9.17) is 0 Å². The highest BCUT2D eigenvalue weighted by molar-refractivity contribution is 5.83. The fourth-order valence-corrected chi connectivity index (χ4v) is 6.50. The van der Waals surface area contributed by atoms with E-state index in [1.54, 1.807) is 0 Å². The molecule has 0 unspecified atom stereocenters. The topological polar surface area (TPSA) is 17.1 Å². The van der Waals surface area contributed by atoms with Crippen molar-refractivity contribution in [3.63, 3.8) is 0 Å². The summed E-state index contributed by atoms with van der Waals surface area (Å²) in [5, 5.41) is 0. The summed E-state index contributed by atoms with van der Waals surface area (Å²) in [5.74, 6) is 3.05. The summed E-state index contributed by atoms with van der Waals surface area (Å²) in [6.07, 6.45) is 14.7. The average molecular weight is 272 g/mol. The molecule has 3 saturated carbocycles. The van der Waals surface area contributed by atoms with Crippen molar-refractivity contribution < 1.29 is 4.79 Å². The first-order valence-corrected chi connectivity index (χ1v) is 8.72. The monoisotopic (exact) mass is 272 g/mol. The molecule has 110 valence electrons. The first-order valence-electron chi connectivity index (χ1n) is 8.72. The van der Waals surface area contributed by atoms with E-state index in [0.717, 1.165) is 12.8 Å². The van der Waals surface area contributed by atoms with Crippen molar-refractivity contribution in [3.8, 4) is 0 Å². The largest absolute Gasteiger partial charge is 0.299 e. The number of hydrogen-bond acceptors (Lipinski definition) is 1. The van der Waals surface area contributed by atoms with E-state index >= 15 is 0 Å². The molecule has 4 aliphatic rings. The molecule has 0 radical (unpaired) electrons. The van der Waals surface area contributed by atoms with Gasteiger partial charge in [-0.15, -0.1) is 0 Å². The summed E-state index contributed by atoms with van der Waals surface area (Å²) in [5.41, 5.74) is 0.905. The molecule has 4 aliphatic carbocycles. The Morgan fingerprint density at radius 1 is 1.10 bits per heavy atom. The van der Waals surface area contributed by atoms with Crippen LogP contribution in [0.2, 0.25) is 0 Å². The lowest BCUT2D eigenvalue weighted by Crippen LogP contribution is -2.55. The minimum Gasteiger partial charge on any atom is -0.299 e. The Balaban J connectivity index is 1.73. The molecule has 0 aliphatic heterocycles. The van der Waals surface area contributed by atoms with Crippen molar-refractivity contribution >= 4 is 5.78 Å². The summed E-state index contributed by atoms with van der Waals surface area (Å²) >= 11 is 0. The third-order valence-corrected chi connectivity index (χ3v) is 7.80. The van der Waals surface area contributed by atoms with Crippen LogP contribution < -0.4 is 0 Å². The van der Waals surface area contributed by atoms with Crippen LogP contribution in [0.3, 0.4) is 0 Å². The molecule has 0 N–H and O–H groups in total. The Labute approximate surface area is 123 Å². The standard InChI is InChI=1S/C19H28O/c1-18-9-5-7-14(18)17-15(8-11-18)19(2)10-4-3-6-13(19)12-16(17)20/h3-4,13-15,17H,5-12H2,1-2H3/t13-,14+,15+,17+,18+,19+/m1/s1. The summed E-state index contributed by atoms with van der Waals surface area (Å²) in [6.45, 7) is 4.98. The molecule has 3 fully saturated rings. The molecule has 20 heavy (non-hydrogen) atoms. The maximum absolute atomic E-state index is 12.9. The average Bonchev–Trinajstić information content (AvgIpc) is 2.81. The van der Waals surface area contributed by atoms with Gasteiger partial charge < -0.3 is 0 Å². The van der Waals surface area contributed by atoms with E-state index in [-0.39, 0.29) is 0 Å². The molecule has 6 atom stereocenters. The maximum atomic E-state index is 12.9. The van der Waals surface area contributed by atoms with E-state index in [2.05, 4.69) is 26.0 Å². The van der Waals surface area contributed by atoms with E-state index in [9.17, 15) is 4.79 Å². The first-order chi connectivity index (χ1) is 9.55. The molecule has 0 aromatic carbocycles. The first kappa shape index (κ1) is 13.1. The van der Waals surface area contributed by atoms with Crippen LogP contribution in [-0.2, 0) is 4.79 Å². The molecule has 0 bridgehead atoms. The lowest BCUT2D eigenvalue weighted by Gasteiger charge is -2.58. The number of ketones is 1. The fraction of sp³-hybridized carbons (Fsp3) is 0.842. The highest BCUT2D eigenvalue weighted by Gasteiger charge is 2.59.